The highest BCUT2D eigenvalue weighted by Crippen LogP contribution is 2.18. The van der Waals surface area contributed by atoms with Crippen LogP contribution < -0.4 is 0 Å². The predicted octanol–water partition coefficient (Wildman–Crippen LogP) is 1.20. The van der Waals surface area contributed by atoms with Gasteiger partial charge in [0.15, 0.2) is 0 Å². The molecule has 0 aromatic heterocycles. The van der Waals surface area contributed by atoms with Crippen molar-refractivity contribution in [3.05, 3.63) is 29.6 Å². The van der Waals surface area contributed by atoms with Gasteiger partial charge in [-0.3, -0.25) is 9.69 Å². The standard InChI is InChI=1S/C14H16FN3O2/c1-10(9-16)17-4-6-18(7-5-17)14(20)12-3-2-11(19)8-13(12)15/h2-3,8,10,19H,4-7H2,1H3. The first kappa shape index (κ1) is 14.3. The molecule has 2 rings (SSSR count). The van der Waals surface area contributed by atoms with Gasteiger partial charge in [0.05, 0.1) is 17.7 Å². The topological polar surface area (TPSA) is 67.6 Å². The molecule has 5 nitrogen and oxygen atoms in total. The fourth-order valence-electron chi connectivity index (χ4n) is 2.24. The van der Waals surface area contributed by atoms with Crippen LogP contribution in [0.2, 0.25) is 0 Å². The molecule has 1 fully saturated rings. The summed E-state index contributed by atoms with van der Waals surface area (Å²) in [7, 11) is 0. The zero-order chi connectivity index (χ0) is 14.7. The molecule has 1 saturated heterocycles. The van der Waals surface area contributed by atoms with Crippen LogP contribution >= 0.6 is 0 Å². The second kappa shape index (κ2) is 5.88. The lowest BCUT2D eigenvalue weighted by molar-refractivity contribution is 0.0611. The van der Waals surface area contributed by atoms with Crippen LogP contribution in [0.15, 0.2) is 18.2 Å². The van der Waals surface area contributed by atoms with Crippen LogP contribution in [-0.4, -0.2) is 53.0 Å². The maximum Gasteiger partial charge on any atom is 0.256 e. The van der Waals surface area contributed by atoms with Gasteiger partial charge in [-0.2, -0.15) is 5.26 Å². The number of hydrogen-bond acceptors (Lipinski definition) is 4. The van der Waals surface area contributed by atoms with Crippen LogP contribution in [0.5, 0.6) is 5.75 Å². The molecule has 1 aliphatic heterocycles. The van der Waals surface area contributed by atoms with Gasteiger partial charge < -0.3 is 10.0 Å². The Morgan fingerprint density at radius 2 is 2.05 bits per heavy atom. The molecule has 1 atom stereocenters. The van der Waals surface area contributed by atoms with Crippen molar-refractivity contribution in [2.75, 3.05) is 26.2 Å². The minimum Gasteiger partial charge on any atom is -0.508 e. The van der Waals surface area contributed by atoms with Crippen LogP contribution in [0.3, 0.4) is 0 Å². The normalized spacial score (nSPS) is 17.6. The molecule has 0 bridgehead atoms. The van der Waals surface area contributed by atoms with E-state index >= 15 is 0 Å². The molecule has 1 heterocycles. The lowest BCUT2D eigenvalue weighted by atomic mass is 10.1. The molecule has 0 spiro atoms. The van der Waals surface area contributed by atoms with Gasteiger partial charge in [0, 0.05) is 32.2 Å². The van der Waals surface area contributed by atoms with E-state index in [1.807, 2.05) is 11.8 Å². The SMILES string of the molecule is CC(C#N)N1CCN(C(=O)c2ccc(O)cc2F)CC1. The van der Waals surface area contributed by atoms with E-state index in [0.29, 0.717) is 26.2 Å². The van der Waals surface area contributed by atoms with Crippen molar-refractivity contribution >= 4 is 5.91 Å². The molecular weight excluding hydrogens is 261 g/mol. The number of hydrogen-bond donors (Lipinski definition) is 1. The number of aromatic hydroxyl groups is 1. The summed E-state index contributed by atoms with van der Waals surface area (Å²) in [5.74, 6) is -1.30. The van der Waals surface area contributed by atoms with E-state index in [4.69, 9.17) is 10.4 Å². The Labute approximate surface area is 116 Å². The summed E-state index contributed by atoms with van der Waals surface area (Å²) >= 11 is 0. The molecule has 1 N–H and O–H groups in total. The highest BCUT2D eigenvalue weighted by molar-refractivity contribution is 5.94. The van der Waals surface area contributed by atoms with E-state index in [9.17, 15) is 9.18 Å². The van der Waals surface area contributed by atoms with E-state index in [2.05, 4.69) is 6.07 Å². The Kier molecular flexibility index (Phi) is 4.20. The average Bonchev–Trinajstić information content (AvgIpc) is 2.46. The van der Waals surface area contributed by atoms with Gasteiger partial charge in [-0.25, -0.2) is 4.39 Å². The van der Waals surface area contributed by atoms with Crippen LogP contribution in [0.1, 0.15) is 17.3 Å². The summed E-state index contributed by atoms with van der Waals surface area (Å²) in [6, 6.07) is 5.49. The molecule has 1 unspecified atom stereocenters. The van der Waals surface area contributed by atoms with Crippen molar-refractivity contribution in [3.63, 3.8) is 0 Å². The molecule has 106 valence electrons. The Morgan fingerprint density at radius 1 is 1.40 bits per heavy atom. The minimum absolute atomic E-state index is 0.0374. The van der Waals surface area contributed by atoms with E-state index in [1.165, 1.54) is 12.1 Å². The van der Waals surface area contributed by atoms with Gasteiger partial charge in [0.1, 0.15) is 11.6 Å². The Balaban J connectivity index is 2.04. The molecule has 20 heavy (non-hydrogen) atoms. The number of carbonyl (C=O) groups excluding carboxylic acids is 1. The van der Waals surface area contributed by atoms with E-state index in [0.717, 1.165) is 6.07 Å². The van der Waals surface area contributed by atoms with Crippen LogP contribution in [0.25, 0.3) is 0 Å². The first-order valence-corrected chi connectivity index (χ1v) is 6.44. The zero-order valence-electron chi connectivity index (χ0n) is 11.2. The monoisotopic (exact) mass is 277 g/mol. The summed E-state index contributed by atoms with van der Waals surface area (Å²) in [4.78, 5) is 15.7. The maximum absolute atomic E-state index is 13.7. The number of halogens is 1. The summed E-state index contributed by atoms with van der Waals surface area (Å²) in [5.41, 5.74) is -0.0374. The van der Waals surface area contributed by atoms with Gasteiger partial charge in [-0.1, -0.05) is 0 Å². The molecule has 1 amide bonds. The average molecular weight is 277 g/mol. The molecular formula is C14H16FN3O2. The van der Waals surface area contributed by atoms with Crippen molar-refractivity contribution in [1.29, 1.82) is 5.26 Å². The molecule has 0 aliphatic carbocycles. The maximum atomic E-state index is 13.7. The quantitative estimate of drug-likeness (QED) is 0.882. The van der Waals surface area contributed by atoms with Gasteiger partial charge in [-0.05, 0) is 19.1 Å². The Bertz CT molecular complexity index is 548. The van der Waals surface area contributed by atoms with Gasteiger partial charge >= 0.3 is 0 Å². The molecule has 1 aliphatic rings. The zero-order valence-corrected chi connectivity index (χ0v) is 11.2. The largest absolute Gasteiger partial charge is 0.508 e. The van der Waals surface area contributed by atoms with Gasteiger partial charge in [0.2, 0.25) is 0 Å². The van der Waals surface area contributed by atoms with Crippen molar-refractivity contribution < 1.29 is 14.3 Å². The molecule has 1 aromatic rings. The third kappa shape index (κ3) is 2.89. The Morgan fingerprint density at radius 3 is 2.60 bits per heavy atom. The minimum atomic E-state index is -0.720. The lowest BCUT2D eigenvalue weighted by Gasteiger charge is -2.35. The second-order valence-electron chi connectivity index (χ2n) is 4.80. The number of nitrogens with zero attached hydrogens (tertiary/aromatic N) is 3. The number of benzene rings is 1. The van der Waals surface area contributed by atoms with Crippen molar-refractivity contribution in [2.24, 2.45) is 0 Å². The molecule has 6 heteroatoms. The number of rotatable bonds is 2. The third-order valence-electron chi connectivity index (χ3n) is 3.52. The highest BCUT2D eigenvalue weighted by Gasteiger charge is 2.26. The highest BCUT2D eigenvalue weighted by atomic mass is 19.1. The fourth-order valence-corrected chi connectivity index (χ4v) is 2.24. The second-order valence-corrected chi connectivity index (χ2v) is 4.80. The summed E-state index contributed by atoms with van der Waals surface area (Å²) < 4.78 is 13.7. The smallest absolute Gasteiger partial charge is 0.256 e. The van der Waals surface area contributed by atoms with Gasteiger partial charge in [0.25, 0.3) is 5.91 Å². The molecule has 0 radical (unpaired) electrons. The number of phenolic OH excluding ortho intramolecular Hbond substituents is 1. The first-order valence-electron chi connectivity index (χ1n) is 6.44. The number of phenols is 1. The molecule has 0 saturated carbocycles. The predicted molar refractivity (Wildman–Crippen MR) is 70.6 cm³/mol. The number of carbonyl (C=O) groups is 1. The van der Waals surface area contributed by atoms with E-state index < -0.39 is 5.82 Å². The molecule has 1 aromatic carbocycles. The van der Waals surface area contributed by atoms with Crippen molar-refractivity contribution in [2.45, 2.75) is 13.0 Å². The van der Waals surface area contributed by atoms with E-state index in [1.54, 1.807) is 4.90 Å². The van der Waals surface area contributed by atoms with Crippen LogP contribution in [-0.2, 0) is 0 Å². The number of amides is 1. The van der Waals surface area contributed by atoms with E-state index in [-0.39, 0.29) is 23.3 Å². The first-order chi connectivity index (χ1) is 9.52. The fraction of sp³-hybridized carbons (Fsp3) is 0.429. The third-order valence-corrected chi connectivity index (χ3v) is 3.52. The van der Waals surface area contributed by atoms with Crippen LogP contribution in [0, 0.1) is 17.1 Å². The van der Waals surface area contributed by atoms with Crippen molar-refractivity contribution in [1.82, 2.24) is 9.80 Å². The van der Waals surface area contributed by atoms with Gasteiger partial charge in [-0.15, -0.1) is 0 Å². The number of piperazine rings is 1. The van der Waals surface area contributed by atoms with Crippen LogP contribution in [0.4, 0.5) is 4.39 Å². The summed E-state index contributed by atoms with van der Waals surface area (Å²) in [6.07, 6.45) is 0. The lowest BCUT2D eigenvalue weighted by Crippen LogP contribution is -2.51. The van der Waals surface area contributed by atoms with Crippen molar-refractivity contribution in [3.8, 4) is 11.8 Å². The summed E-state index contributed by atoms with van der Waals surface area (Å²) in [5, 5.41) is 18.0. The Hall–Kier alpha value is -2.13. The summed E-state index contributed by atoms with van der Waals surface area (Å²) in [6.45, 7) is 3.94. The number of nitriles is 1.